The summed E-state index contributed by atoms with van der Waals surface area (Å²) in [5, 5.41) is 0. The van der Waals surface area contributed by atoms with Gasteiger partial charge in [0.2, 0.25) is 5.91 Å². The first kappa shape index (κ1) is 10.4. The molecule has 1 saturated heterocycles. The third-order valence-electron chi connectivity index (χ3n) is 1.96. The Morgan fingerprint density at radius 3 is 2.69 bits per heavy atom. The van der Waals surface area contributed by atoms with Crippen molar-refractivity contribution in [2.75, 3.05) is 13.1 Å². The van der Waals surface area contributed by atoms with Crippen molar-refractivity contribution in [1.29, 1.82) is 0 Å². The fourth-order valence-corrected chi connectivity index (χ4v) is 1.25. The minimum atomic E-state index is -2.73. The molecular formula is C8H13F2NO2. The highest BCUT2D eigenvalue weighted by Gasteiger charge is 2.32. The lowest BCUT2D eigenvalue weighted by Gasteiger charge is -2.38. The van der Waals surface area contributed by atoms with Gasteiger partial charge in [-0.1, -0.05) is 6.92 Å². The van der Waals surface area contributed by atoms with Crippen LogP contribution in [-0.2, 0) is 9.53 Å². The van der Waals surface area contributed by atoms with Crippen LogP contribution >= 0.6 is 0 Å². The summed E-state index contributed by atoms with van der Waals surface area (Å²) in [6.45, 7) is -0.203. The summed E-state index contributed by atoms with van der Waals surface area (Å²) in [6, 6.07) is 0. The molecule has 1 aliphatic rings. The second-order valence-corrected chi connectivity index (χ2v) is 3.07. The van der Waals surface area contributed by atoms with Crippen molar-refractivity contribution in [1.82, 2.24) is 4.90 Å². The number of hydrogen-bond acceptors (Lipinski definition) is 2. The van der Waals surface area contributed by atoms with E-state index in [1.807, 2.05) is 6.92 Å². The molecule has 5 heteroatoms. The predicted octanol–water partition coefficient (Wildman–Crippen LogP) is 1.24. The molecule has 0 bridgehead atoms. The van der Waals surface area contributed by atoms with Gasteiger partial charge in [-0.3, -0.25) is 4.79 Å². The number of likely N-dealkylation sites (tertiary alicyclic amines) is 1. The van der Waals surface area contributed by atoms with Gasteiger partial charge in [0.25, 0.3) is 0 Å². The third-order valence-corrected chi connectivity index (χ3v) is 1.96. The zero-order valence-corrected chi connectivity index (χ0v) is 7.50. The lowest BCUT2D eigenvalue weighted by Crippen LogP contribution is -2.55. The number of rotatable bonds is 4. The number of hydrogen-bond donors (Lipinski definition) is 0. The van der Waals surface area contributed by atoms with Gasteiger partial charge in [0, 0.05) is 19.5 Å². The predicted molar refractivity (Wildman–Crippen MR) is 42.4 cm³/mol. The van der Waals surface area contributed by atoms with Crippen LogP contribution in [0, 0.1) is 0 Å². The lowest BCUT2D eigenvalue weighted by molar-refractivity contribution is -0.199. The van der Waals surface area contributed by atoms with Crippen LogP contribution in [0.15, 0.2) is 0 Å². The van der Waals surface area contributed by atoms with Crippen LogP contribution in [0.25, 0.3) is 0 Å². The van der Waals surface area contributed by atoms with Gasteiger partial charge in [-0.25, -0.2) is 0 Å². The number of ether oxygens (including phenoxy) is 1. The number of alkyl halides is 2. The van der Waals surface area contributed by atoms with E-state index in [4.69, 9.17) is 0 Å². The standard InChI is InChI=1S/C8H13F2NO2/c1-2-3-7(12)11-4-6(5-11)13-8(9)10/h6,8H,2-5H2,1H3. The van der Waals surface area contributed by atoms with Crippen LogP contribution < -0.4 is 0 Å². The Bertz CT molecular complexity index is 181. The average molecular weight is 193 g/mol. The minimum Gasteiger partial charge on any atom is -0.337 e. The average Bonchev–Trinajstić information content (AvgIpc) is 1.95. The van der Waals surface area contributed by atoms with Crippen molar-refractivity contribution in [3.63, 3.8) is 0 Å². The molecule has 0 saturated carbocycles. The van der Waals surface area contributed by atoms with E-state index in [0.717, 1.165) is 6.42 Å². The van der Waals surface area contributed by atoms with Crippen molar-refractivity contribution in [2.45, 2.75) is 32.5 Å². The summed E-state index contributed by atoms with van der Waals surface area (Å²) < 4.78 is 27.5. The smallest absolute Gasteiger partial charge is 0.337 e. The molecule has 0 aromatic rings. The van der Waals surface area contributed by atoms with Crippen LogP contribution in [-0.4, -0.2) is 36.6 Å². The normalized spacial score (nSPS) is 17.7. The number of amides is 1. The summed E-state index contributed by atoms with van der Waals surface area (Å²) in [4.78, 5) is 12.7. The molecule has 1 aliphatic heterocycles. The largest absolute Gasteiger partial charge is 0.345 e. The molecule has 0 radical (unpaired) electrons. The Morgan fingerprint density at radius 1 is 1.62 bits per heavy atom. The number of carbonyl (C=O) groups excluding carboxylic acids is 1. The van der Waals surface area contributed by atoms with Gasteiger partial charge in [-0.05, 0) is 6.42 Å². The van der Waals surface area contributed by atoms with Gasteiger partial charge >= 0.3 is 6.61 Å². The molecule has 13 heavy (non-hydrogen) atoms. The van der Waals surface area contributed by atoms with Gasteiger partial charge in [0.15, 0.2) is 0 Å². The SMILES string of the molecule is CCCC(=O)N1CC(OC(F)F)C1. The molecule has 1 heterocycles. The topological polar surface area (TPSA) is 29.5 Å². The summed E-state index contributed by atoms with van der Waals surface area (Å²) in [5.74, 6) is 0.0246. The molecule has 0 atom stereocenters. The molecule has 1 rings (SSSR count). The fraction of sp³-hybridized carbons (Fsp3) is 0.875. The van der Waals surface area contributed by atoms with Crippen molar-refractivity contribution in [3.05, 3.63) is 0 Å². The van der Waals surface area contributed by atoms with Crippen LogP contribution in [0.3, 0.4) is 0 Å². The second-order valence-electron chi connectivity index (χ2n) is 3.07. The van der Waals surface area contributed by atoms with E-state index >= 15 is 0 Å². The number of halogens is 2. The summed E-state index contributed by atoms with van der Waals surface area (Å²) in [6.07, 6.45) is 0.803. The highest BCUT2D eigenvalue weighted by molar-refractivity contribution is 5.77. The second kappa shape index (κ2) is 4.50. The summed E-state index contributed by atoms with van der Waals surface area (Å²) in [5.41, 5.74) is 0. The first-order valence-electron chi connectivity index (χ1n) is 4.35. The van der Waals surface area contributed by atoms with Crippen molar-refractivity contribution in [2.24, 2.45) is 0 Å². The minimum absolute atomic E-state index is 0.0246. The highest BCUT2D eigenvalue weighted by atomic mass is 19.3. The van der Waals surface area contributed by atoms with E-state index in [-0.39, 0.29) is 5.91 Å². The van der Waals surface area contributed by atoms with Crippen molar-refractivity contribution >= 4 is 5.91 Å². The van der Waals surface area contributed by atoms with E-state index in [2.05, 4.69) is 4.74 Å². The van der Waals surface area contributed by atoms with Gasteiger partial charge in [0.05, 0.1) is 6.10 Å². The Labute approximate surface area is 75.7 Å². The van der Waals surface area contributed by atoms with E-state index in [9.17, 15) is 13.6 Å². The molecule has 0 aromatic heterocycles. The van der Waals surface area contributed by atoms with E-state index < -0.39 is 12.7 Å². The maximum Gasteiger partial charge on any atom is 0.345 e. The molecule has 0 spiro atoms. The first-order valence-corrected chi connectivity index (χ1v) is 4.35. The molecule has 76 valence electrons. The van der Waals surface area contributed by atoms with Gasteiger partial charge < -0.3 is 9.64 Å². The van der Waals surface area contributed by atoms with E-state index in [1.54, 1.807) is 0 Å². The van der Waals surface area contributed by atoms with Gasteiger partial charge in [-0.15, -0.1) is 0 Å². The highest BCUT2D eigenvalue weighted by Crippen LogP contribution is 2.15. The summed E-state index contributed by atoms with van der Waals surface area (Å²) >= 11 is 0. The van der Waals surface area contributed by atoms with Crippen LogP contribution in [0.2, 0.25) is 0 Å². The van der Waals surface area contributed by atoms with Crippen molar-refractivity contribution < 1.29 is 18.3 Å². The number of carbonyl (C=O) groups is 1. The van der Waals surface area contributed by atoms with Gasteiger partial charge in [-0.2, -0.15) is 8.78 Å². The monoisotopic (exact) mass is 193 g/mol. The Morgan fingerprint density at radius 2 is 2.23 bits per heavy atom. The molecule has 3 nitrogen and oxygen atoms in total. The molecule has 0 aliphatic carbocycles. The fourth-order valence-electron chi connectivity index (χ4n) is 1.25. The molecule has 0 aromatic carbocycles. The molecule has 1 amide bonds. The molecule has 1 fully saturated rings. The van der Waals surface area contributed by atoms with E-state index in [0.29, 0.717) is 19.5 Å². The Balaban J connectivity index is 2.14. The zero-order valence-electron chi connectivity index (χ0n) is 7.50. The van der Waals surface area contributed by atoms with Crippen LogP contribution in [0.1, 0.15) is 19.8 Å². The summed E-state index contributed by atoms with van der Waals surface area (Å²) in [7, 11) is 0. The lowest BCUT2D eigenvalue weighted by atomic mass is 10.1. The molecule has 0 unspecified atom stereocenters. The maximum atomic E-state index is 11.7. The van der Waals surface area contributed by atoms with Crippen LogP contribution in [0.5, 0.6) is 0 Å². The Kier molecular flexibility index (Phi) is 3.59. The zero-order chi connectivity index (χ0) is 9.84. The van der Waals surface area contributed by atoms with Crippen LogP contribution in [0.4, 0.5) is 8.78 Å². The quantitative estimate of drug-likeness (QED) is 0.672. The number of nitrogens with zero attached hydrogens (tertiary/aromatic N) is 1. The maximum absolute atomic E-state index is 11.7. The van der Waals surface area contributed by atoms with E-state index in [1.165, 1.54) is 4.90 Å². The van der Waals surface area contributed by atoms with Crippen molar-refractivity contribution in [3.8, 4) is 0 Å². The molecule has 0 N–H and O–H groups in total. The van der Waals surface area contributed by atoms with Gasteiger partial charge in [0.1, 0.15) is 0 Å². The Hall–Kier alpha value is -0.710. The first-order chi connectivity index (χ1) is 6.13. The third kappa shape index (κ3) is 2.91. The molecular weight excluding hydrogens is 180 g/mol.